The summed E-state index contributed by atoms with van der Waals surface area (Å²) in [5.74, 6) is 0. The van der Waals surface area contributed by atoms with Crippen LogP contribution in [-0.4, -0.2) is 15.2 Å². The largest absolute Gasteiger partial charge is 0.376 e. The van der Waals surface area contributed by atoms with Crippen LogP contribution in [0, 0.1) is 17.0 Å². The number of rotatable bonds is 4. The Morgan fingerprint density at radius 1 is 1.29 bits per heavy atom. The van der Waals surface area contributed by atoms with Crippen molar-refractivity contribution in [3.63, 3.8) is 0 Å². The molecule has 0 radical (unpaired) electrons. The summed E-state index contributed by atoms with van der Waals surface area (Å²) in [6.45, 7) is 4.07. The van der Waals surface area contributed by atoms with Crippen LogP contribution in [0.25, 0.3) is 11.0 Å². The molecule has 7 nitrogen and oxygen atoms in total. The first kappa shape index (κ1) is 13.5. The number of non-ortho nitro benzene ring substituents is 1. The topological polar surface area (TPSA) is 94.1 Å². The lowest BCUT2D eigenvalue weighted by Crippen LogP contribution is -2.05. The minimum atomic E-state index is -0.498. The fraction of sp³-hybridized carbons (Fsp3) is 0.231. The van der Waals surface area contributed by atoms with Crippen molar-refractivity contribution in [3.05, 3.63) is 44.1 Å². The lowest BCUT2D eigenvalue weighted by molar-refractivity contribution is -0.383. The predicted octanol–water partition coefficient (Wildman–Crippen LogP) is 3.67. The zero-order chi connectivity index (χ0) is 15.0. The minimum Gasteiger partial charge on any atom is -0.376 e. The molecule has 0 saturated heterocycles. The number of nitrogens with zero attached hydrogens (tertiary/aromatic N) is 3. The van der Waals surface area contributed by atoms with E-state index in [0.717, 1.165) is 0 Å². The maximum absolute atomic E-state index is 10.9. The van der Waals surface area contributed by atoms with E-state index in [1.807, 2.05) is 13.8 Å². The SMILES string of the molecule is Cc1ccc(C(C)Nc2ccc([N+](=O)[O-])c3nonc23)s1. The molecule has 1 atom stereocenters. The maximum atomic E-state index is 10.9. The number of hydrogen-bond donors (Lipinski definition) is 1. The number of aromatic nitrogens is 2. The summed E-state index contributed by atoms with van der Waals surface area (Å²) in [6, 6.07) is 7.20. The zero-order valence-corrected chi connectivity index (χ0v) is 12.2. The van der Waals surface area contributed by atoms with Crippen LogP contribution in [0.4, 0.5) is 11.4 Å². The molecule has 0 saturated carbocycles. The Balaban J connectivity index is 1.96. The van der Waals surface area contributed by atoms with Gasteiger partial charge in [0.1, 0.15) is 0 Å². The predicted molar refractivity (Wildman–Crippen MR) is 79.6 cm³/mol. The highest BCUT2D eigenvalue weighted by Gasteiger charge is 2.20. The number of nitro groups is 1. The average molecular weight is 304 g/mol. The molecule has 0 bridgehead atoms. The van der Waals surface area contributed by atoms with E-state index in [9.17, 15) is 10.1 Å². The van der Waals surface area contributed by atoms with Crippen LogP contribution in [0.5, 0.6) is 0 Å². The molecule has 8 heteroatoms. The van der Waals surface area contributed by atoms with Gasteiger partial charge in [0.15, 0.2) is 5.52 Å². The number of nitro benzene ring substituents is 1. The quantitative estimate of drug-likeness (QED) is 0.583. The number of hydrogen-bond acceptors (Lipinski definition) is 7. The van der Waals surface area contributed by atoms with Gasteiger partial charge in [0.25, 0.3) is 0 Å². The Kier molecular flexibility index (Phi) is 3.30. The molecule has 21 heavy (non-hydrogen) atoms. The summed E-state index contributed by atoms with van der Waals surface area (Å²) in [6.07, 6.45) is 0. The zero-order valence-electron chi connectivity index (χ0n) is 11.4. The number of fused-ring (bicyclic) bond motifs is 1. The first-order valence-electron chi connectivity index (χ1n) is 6.29. The fourth-order valence-corrected chi connectivity index (χ4v) is 2.99. The van der Waals surface area contributed by atoms with Crippen molar-refractivity contribution in [1.82, 2.24) is 10.3 Å². The van der Waals surface area contributed by atoms with Gasteiger partial charge in [0.2, 0.25) is 5.52 Å². The van der Waals surface area contributed by atoms with E-state index in [0.29, 0.717) is 11.2 Å². The Hall–Kier alpha value is -2.48. The molecule has 0 spiro atoms. The van der Waals surface area contributed by atoms with Crippen LogP contribution < -0.4 is 5.32 Å². The Morgan fingerprint density at radius 2 is 2.05 bits per heavy atom. The monoisotopic (exact) mass is 304 g/mol. The van der Waals surface area contributed by atoms with Gasteiger partial charge in [0, 0.05) is 15.8 Å². The molecule has 3 aromatic rings. The molecule has 0 aliphatic heterocycles. The molecule has 2 aromatic heterocycles. The standard InChI is InChI=1S/C13H12N4O3S/c1-7-3-6-11(21-7)8(2)14-9-4-5-10(17(18)19)13-12(9)15-20-16-13/h3-6,8,14H,1-2H3. The summed E-state index contributed by atoms with van der Waals surface area (Å²) >= 11 is 1.70. The van der Waals surface area contributed by atoms with Crippen molar-refractivity contribution in [3.8, 4) is 0 Å². The van der Waals surface area contributed by atoms with Crippen LogP contribution in [0.15, 0.2) is 28.9 Å². The van der Waals surface area contributed by atoms with Gasteiger partial charge in [0.05, 0.1) is 16.7 Å². The van der Waals surface area contributed by atoms with Crippen molar-refractivity contribution >= 4 is 33.7 Å². The number of thiophene rings is 1. The van der Waals surface area contributed by atoms with Crippen LogP contribution >= 0.6 is 11.3 Å². The average Bonchev–Trinajstić information content (AvgIpc) is 3.07. The molecule has 1 N–H and O–H groups in total. The third-order valence-corrected chi connectivity index (χ3v) is 4.33. The smallest absolute Gasteiger partial charge is 0.300 e. The lowest BCUT2D eigenvalue weighted by atomic mass is 10.2. The van der Waals surface area contributed by atoms with Crippen molar-refractivity contribution in [2.45, 2.75) is 19.9 Å². The molecule has 0 aliphatic rings. The van der Waals surface area contributed by atoms with E-state index < -0.39 is 4.92 Å². The fourth-order valence-electron chi connectivity index (χ4n) is 2.11. The van der Waals surface area contributed by atoms with Gasteiger partial charge >= 0.3 is 5.69 Å². The summed E-state index contributed by atoms with van der Waals surface area (Å²) in [5.41, 5.74) is 1.07. The molecular weight excluding hydrogens is 292 g/mol. The number of nitrogens with one attached hydrogen (secondary N) is 1. The van der Waals surface area contributed by atoms with Gasteiger partial charge in [-0.25, -0.2) is 4.63 Å². The molecule has 1 aromatic carbocycles. The summed E-state index contributed by atoms with van der Waals surface area (Å²) in [7, 11) is 0. The van der Waals surface area contributed by atoms with Gasteiger partial charge in [-0.1, -0.05) is 0 Å². The normalized spacial score (nSPS) is 12.5. The van der Waals surface area contributed by atoms with Gasteiger partial charge < -0.3 is 5.32 Å². The van der Waals surface area contributed by atoms with E-state index in [1.165, 1.54) is 15.8 Å². The molecule has 0 aliphatic carbocycles. The minimum absolute atomic E-state index is 0.0602. The Bertz CT molecular complexity index is 811. The number of anilines is 1. The third kappa shape index (κ3) is 2.45. The molecule has 3 rings (SSSR count). The van der Waals surface area contributed by atoms with Gasteiger partial charge in [-0.3, -0.25) is 10.1 Å². The maximum Gasteiger partial charge on any atom is 0.300 e. The molecule has 0 fully saturated rings. The Morgan fingerprint density at radius 3 is 2.71 bits per heavy atom. The van der Waals surface area contributed by atoms with Gasteiger partial charge in [-0.05, 0) is 42.4 Å². The second-order valence-electron chi connectivity index (χ2n) is 4.67. The van der Waals surface area contributed by atoms with Crippen molar-refractivity contribution in [2.75, 3.05) is 5.32 Å². The molecule has 2 heterocycles. The first-order chi connectivity index (χ1) is 10.1. The van der Waals surface area contributed by atoms with Crippen LogP contribution in [-0.2, 0) is 0 Å². The van der Waals surface area contributed by atoms with Crippen LogP contribution in [0.3, 0.4) is 0 Å². The third-order valence-electron chi connectivity index (χ3n) is 3.15. The van der Waals surface area contributed by atoms with E-state index in [4.69, 9.17) is 0 Å². The molecule has 0 amide bonds. The summed E-state index contributed by atoms with van der Waals surface area (Å²) < 4.78 is 4.65. The summed E-state index contributed by atoms with van der Waals surface area (Å²) in [4.78, 5) is 12.9. The van der Waals surface area contributed by atoms with Crippen LogP contribution in [0.2, 0.25) is 0 Å². The van der Waals surface area contributed by atoms with Gasteiger partial charge in [-0.2, -0.15) is 0 Å². The number of aryl methyl sites for hydroxylation is 1. The highest BCUT2D eigenvalue weighted by molar-refractivity contribution is 7.12. The van der Waals surface area contributed by atoms with Crippen molar-refractivity contribution < 1.29 is 9.55 Å². The lowest BCUT2D eigenvalue weighted by Gasteiger charge is -2.13. The highest BCUT2D eigenvalue weighted by atomic mass is 32.1. The van der Waals surface area contributed by atoms with Crippen LogP contribution in [0.1, 0.15) is 22.7 Å². The van der Waals surface area contributed by atoms with Crippen molar-refractivity contribution in [1.29, 1.82) is 0 Å². The second-order valence-corrected chi connectivity index (χ2v) is 5.98. The molecule has 1 unspecified atom stereocenters. The summed E-state index contributed by atoms with van der Waals surface area (Å²) in [5, 5.41) is 21.6. The van der Waals surface area contributed by atoms with E-state index in [-0.39, 0.29) is 17.2 Å². The van der Waals surface area contributed by atoms with Gasteiger partial charge in [-0.15, -0.1) is 11.3 Å². The van der Waals surface area contributed by atoms with E-state index in [2.05, 4.69) is 32.4 Å². The molecule has 108 valence electrons. The van der Waals surface area contributed by atoms with Crippen molar-refractivity contribution in [2.24, 2.45) is 0 Å². The van der Waals surface area contributed by atoms with E-state index >= 15 is 0 Å². The highest BCUT2D eigenvalue weighted by Crippen LogP contribution is 2.32. The molecular formula is C13H12N4O3S. The van der Waals surface area contributed by atoms with E-state index in [1.54, 1.807) is 17.4 Å². The first-order valence-corrected chi connectivity index (χ1v) is 7.10. The number of benzene rings is 1. The Labute approximate surface area is 123 Å². The second kappa shape index (κ2) is 5.13.